The highest BCUT2D eigenvalue weighted by Gasteiger charge is 2.12. The van der Waals surface area contributed by atoms with Gasteiger partial charge in [0.1, 0.15) is 0 Å². The smallest absolute Gasteiger partial charge is 0.158 e. The zero-order valence-corrected chi connectivity index (χ0v) is 8.25. The van der Waals surface area contributed by atoms with Crippen LogP contribution in [0.5, 0.6) is 0 Å². The van der Waals surface area contributed by atoms with Crippen LogP contribution in [0.15, 0.2) is 23.9 Å². The number of nitrogens with one attached hydrogen (secondary N) is 1. The van der Waals surface area contributed by atoms with Gasteiger partial charge < -0.3 is 4.98 Å². The Morgan fingerprint density at radius 3 is 2.86 bits per heavy atom. The second-order valence-corrected chi connectivity index (χ2v) is 3.78. The van der Waals surface area contributed by atoms with Crippen molar-refractivity contribution in [1.29, 1.82) is 0 Å². The lowest BCUT2D eigenvalue weighted by Gasteiger charge is -1.99. The molecule has 0 aromatic carbocycles. The Balaban J connectivity index is 2.18. The summed E-state index contributed by atoms with van der Waals surface area (Å²) in [6.07, 6.45) is 8.94. The Morgan fingerprint density at radius 1 is 1.21 bits per heavy atom. The highest BCUT2D eigenvalue weighted by molar-refractivity contribution is 5.99. The third-order valence-electron chi connectivity index (χ3n) is 2.66. The minimum Gasteiger partial charge on any atom is -0.362 e. The SMILES string of the molecule is O=C1CCCCC/C1=C/c1ccc[nH]1. The van der Waals surface area contributed by atoms with E-state index in [1.54, 1.807) is 0 Å². The summed E-state index contributed by atoms with van der Waals surface area (Å²) in [7, 11) is 0. The van der Waals surface area contributed by atoms with E-state index in [1.165, 1.54) is 6.42 Å². The quantitative estimate of drug-likeness (QED) is 0.534. The van der Waals surface area contributed by atoms with Gasteiger partial charge in [-0.05, 0) is 43.0 Å². The minimum absolute atomic E-state index is 0.331. The van der Waals surface area contributed by atoms with Crippen molar-refractivity contribution >= 4 is 11.9 Å². The molecule has 1 saturated carbocycles. The van der Waals surface area contributed by atoms with E-state index in [-0.39, 0.29) is 0 Å². The average Bonchev–Trinajstić information content (AvgIpc) is 2.60. The molecule has 1 N–H and O–H groups in total. The summed E-state index contributed by atoms with van der Waals surface area (Å²) in [5.41, 5.74) is 2.03. The summed E-state index contributed by atoms with van der Waals surface area (Å²) in [6, 6.07) is 3.94. The van der Waals surface area contributed by atoms with Gasteiger partial charge in [0.05, 0.1) is 0 Å². The summed E-state index contributed by atoms with van der Waals surface area (Å²) in [4.78, 5) is 14.8. The lowest BCUT2D eigenvalue weighted by molar-refractivity contribution is -0.115. The normalized spacial score (nSPS) is 21.1. The van der Waals surface area contributed by atoms with Gasteiger partial charge >= 0.3 is 0 Å². The van der Waals surface area contributed by atoms with E-state index in [9.17, 15) is 4.79 Å². The zero-order chi connectivity index (χ0) is 9.80. The fourth-order valence-corrected chi connectivity index (χ4v) is 1.85. The number of carbonyl (C=O) groups excluding carboxylic acids is 1. The van der Waals surface area contributed by atoms with Crippen LogP contribution in [0.25, 0.3) is 6.08 Å². The molecule has 74 valence electrons. The van der Waals surface area contributed by atoms with E-state index in [0.29, 0.717) is 5.78 Å². The van der Waals surface area contributed by atoms with Gasteiger partial charge in [-0.15, -0.1) is 0 Å². The van der Waals surface area contributed by atoms with Gasteiger partial charge in [-0.25, -0.2) is 0 Å². The minimum atomic E-state index is 0.331. The molecule has 1 aromatic rings. The second-order valence-electron chi connectivity index (χ2n) is 3.78. The second kappa shape index (κ2) is 4.27. The van der Waals surface area contributed by atoms with E-state index in [0.717, 1.165) is 37.0 Å². The molecule has 1 heterocycles. The van der Waals surface area contributed by atoms with Crippen molar-refractivity contribution in [2.45, 2.75) is 32.1 Å². The molecule has 1 aliphatic carbocycles. The maximum absolute atomic E-state index is 11.7. The largest absolute Gasteiger partial charge is 0.362 e. The van der Waals surface area contributed by atoms with Gasteiger partial charge in [0, 0.05) is 18.3 Å². The van der Waals surface area contributed by atoms with Crippen LogP contribution in [0.4, 0.5) is 0 Å². The van der Waals surface area contributed by atoms with Crippen molar-refractivity contribution in [3.63, 3.8) is 0 Å². The monoisotopic (exact) mass is 189 g/mol. The molecule has 2 nitrogen and oxygen atoms in total. The van der Waals surface area contributed by atoms with Crippen LogP contribution >= 0.6 is 0 Å². The molecule has 14 heavy (non-hydrogen) atoms. The number of ketones is 1. The van der Waals surface area contributed by atoms with Crippen molar-refractivity contribution in [1.82, 2.24) is 4.98 Å². The molecule has 0 spiro atoms. The van der Waals surface area contributed by atoms with Gasteiger partial charge in [0.25, 0.3) is 0 Å². The lowest BCUT2D eigenvalue weighted by Crippen LogP contribution is -1.99. The average molecular weight is 189 g/mol. The summed E-state index contributed by atoms with van der Waals surface area (Å²) in [5.74, 6) is 0.331. The number of aromatic nitrogens is 1. The van der Waals surface area contributed by atoms with Crippen LogP contribution in [-0.4, -0.2) is 10.8 Å². The Labute approximate surface area is 84.0 Å². The van der Waals surface area contributed by atoms with Gasteiger partial charge in [0.2, 0.25) is 0 Å². The summed E-state index contributed by atoms with van der Waals surface area (Å²) in [5, 5.41) is 0. The van der Waals surface area contributed by atoms with Gasteiger partial charge in [-0.1, -0.05) is 6.42 Å². The Morgan fingerprint density at radius 2 is 2.07 bits per heavy atom. The number of rotatable bonds is 1. The topological polar surface area (TPSA) is 32.9 Å². The number of H-pyrrole nitrogens is 1. The molecule has 0 radical (unpaired) electrons. The van der Waals surface area contributed by atoms with Gasteiger partial charge in [0.15, 0.2) is 5.78 Å². The molecular weight excluding hydrogens is 174 g/mol. The van der Waals surface area contributed by atoms with Crippen molar-refractivity contribution in [3.8, 4) is 0 Å². The Bertz CT molecular complexity index is 335. The number of hydrogen-bond acceptors (Lipinski definition) is 1. The van der Waals surface area contributed by atoms with Crippen LogP contribution in [0, 0.1) is 0 Å². The summed E-state index contributed by atoms with van der Waals surface area (Å²) < 4.78 is 0. The first kappa shape index (κ1) is 9.25. The van der Waals surface area contributed by atoms with Crippen LogP contribution in [-0.2, 0) is 4.79 Å². The molecule has 2 rings (SSSR count). The molecule has 0 aliphatic heterocycles. The molecule has 0 unspecified atom stereocenters. The molecular formula is C12H15NO. The van der Waals surface area contributed by atoms with Crippen LogP contribution in [0.2, 0.25) is 0 Å². The molecule has 2 heteroatoms. The Hall–Kier alpha value is -1.31. The third-order valence-corrected chi connectivity index (χ3v) is 2.66. The molecule has 0 amide bonds. The van der Waals surface area contributed by atoms with Crippen LogP contribution in [0.1, 0.15) is 37.8 Å². The zero-order valence-electron chi connectivity index (χ0n) is 8.25. The van der Waals surface area contributed by atoms with E-state index >= 15 is 0 Å². The molecule has 0 bridgehead atoms. The molecule has 0 saturated heterocycles. The number of carbonyl (C=O) groups is 1. The van der Waals surface area contributed by atoms with Crippen molar-refractivity contribution in [2.75, 3.05) is 0 Å². The molecule has 1 fully saturated rings. The standard InChI is InChI=1S/C12H15NO/c14-12-7-3-1-2-5-10(12)9-11-6-4-8-13-11/h4,6,8-9,13H,1-3,5,7H2/b10-9-. The highest BCUT2D eigenvalue weighted by Crippen LogP contribution is 2.20. The lowest BCUT2D eigenvalue weighted by atomic mass is 10.1. The fourth-order valence-electron chi connectivity index (χ4n) is 1.85. The van der Waals surface area contributed by atoms with Crippen molar-refractivity contribution in [2.24, 2.45) is 0 Å². The van der Waals surface area contributed by atoms with Crippen LogP contribution < -0.4 is 0 Å². The first-order valence-electron chi connectivity index (χ1n) is 5.23. The fraction of sp³-hybridized carbons (Fsp3) is 0.417. The predicted molar refractivity (Wildman–Crippen MR) is 56.9 cm³/mol. The van der Waals surface area contributed by atoms with E-state index in [2.05, 4.69) is 4.98 Å². The van der Waals surface area contributed by atoms with Crippen molar-refractivity contribution < 1.29 is 4.79 Å². The first-order valence-corrected chi connectivity index (χ1v) is 5.23. The number of Topliss-reactive ketones (excluding diaryl/α,β-unsaturated/α-hetero) is 1. The maximum atomic E-state index is 11.7. The van der Waals surface area contributed by atoms with Crippen molar-refractivity contribution in [3.05, 3.63) is 29.6 Å². The molecule has 1 aromatic heterocycles. The van der Waals surface area contributed by atoms with Crippen LogP contribution in [0.3, 0.4) is 0 Å². The van der Waals surface area contributed by atoms with Gasteiger partial charge in [-0.2, -0.15) is 0 Å². The van der Waals surface area contributed by atoms with E-state index in [1.807, 2.05) is 24.4 Å². The number of aromatic amines is 1. The summed E-state index contributed by atoms with van der Waals surface area (Å²) >= 11 is 0. The Kier molecular flexibility index (Phi) is 2.82. The third kappa shape index (κ3) is 2.13. The highest BCUT2D eigenvalue weighted by atomic mass is 16.1. The maximum Gasteiger partial charge on any atom is 0.158 e. The molecule has 1 aliphatic rings. The predicted octanol–water partition coefficient (Wildman–Crippen LogP) is 2.93. The number of allylic oxidation sites excluding steroid dienone is 1. The van der Waals surface area contributed by atoms with E-state index in [4.69, 9.17) is 0 Å². The first-order chi connectivity index (χ1) is 6.86. The van der Waals surface area contributed by atoms with Gasteiger partial charge in [-0.3, -0.25) is 4.79 Å². The summed E-state index contributed by atoms with van der Waals surface area (Å²) in [6.45, 7) is 0. The number of hydrogen-bond donors (Lipinski definition) is 1. The molecule has 0 atom stereocenters. The van der Waals surface area contributed by atoms with E-state index < -0.39 is 0 Å².